The van der Waals surface area contributed by atoms with E-state index in [4.69, 9.17) is 0 Å². The molecule has 1 aromatic heterocycles. The van der Waals surface area contributed by atoms with Gasteiger partial charge in [-0.05, 0) is 25.1 Å². The molecule has 112 valence electrons. The van der Waals surface area contributed by atoms with Crippen molar-refractivity contribution in [2.24, 2.45) is 0 Å². The van der Waals surface area contributed by atoms with Crippen molar-refractivity contribution >= 4 is 44.0 Å². The maximum absolute atomic E-state index is 13.7. The summed E-state index contributed by atoms with van der Waals surface area (Å²) in [4.78, 5) is 17.5. The predicted octanol–water partition coefficient (Wildman–Crippen LogP) is 4.03. The van der Waals surface area contributed by atoms with Gasteiger partial charge < -0.3 is 5.32 Å². The number of thiazole rings is 1. The summed E-state index contributed by atoms with van der Waals surface area (Å²) < 4.78 is 14.4. The van der Waals surface area contributed by atoms with Crippen molar-refractivity contribution in [1.29, 1.82) is 0 Å². The summed E-state index contributed by atoms with van der Waals surface area (Å²) in [5.41, 5.74) is 1.20. The normalized spacial score (nSPS) is 10.5. The molecule has 1 N–H and O–H groups in total. The number of rotatable bonds is 5. The van der Waals surface area contributed by atoms with Crippen LogP contribution in [0.2, 0.25) is 0 Å². The number of benzene rings is 1. The summed E-state index contributed by atoms with van der Waals surface area (Å²) in [5, 5.41) is 5.53. The van der Waals surface area contributed by atoms with Crippen LogP contribution in [0.4, 0.5) is 15.2 Å². The molecule has 2 rings (SSSR count). The van der Waals surface area contributed by atoms with E-state index in [1.54, 1.807) is 17.0 Å². The quantitative estimate of drug-likeness (QED) is 0.862. The summed E-state index contributed by atoms with van der Waals surface area (Å²) in [7, 11) is 0. The Morgan fingerprint density at radius 1 is 1.52 bits per heavy atom. The lowest BCUT2D eigenvalue weighted by atomic mass is 10.3. The van der Waals surface area contributed by atoms with Crippen LogP contribution in [-0.4, -0.2) is 17.4 Å². The molecule has 0 radical (unpaired) electrons. The SMILES string of the molecule is CCN(C(C)=O)c1nc(CNc2ccc(Br)cc2F)cs1. The second kappa shape index (κ2) is 7.00. The highest BCUT2D eigenvalue weighted by atomic mass is 79.9. The summed E-state index contributed by atoms with van der Waals surface area (Å²) in [6, 6.07) is 4.84. The Morgan fingerprint density at radius 3 is 2.90 bits per heavy atom. The zero-order chi connectivity index (χ0) is 15.4. The van der Waals surface area contributed by atoms with E-state index in [0.717, 1.165) is 5.69 Å². The molecule has 0 bridgehead atoms. The van der Waals surface area contributed by atoms with Crippen molar-refractivity contribution in [2.45, 2.75) is 20.4 Å². The van der Waals surface area contributed by atoms with E-state index in [1.807, 2.05) is 12.3 Å². The van der Waals surface area contributed by atoms with Crippen molar-refractivity contribution < 1.29 is 9.18 Å². The monoisotopic (exact) mass is 371 g/mol. The summed E-state index contributed by atoms with van der Waals surface area (Å²) in [5.74, 6) is -0.357. The molecule has 0 unspecified atom stereocenters. The molecule has 0 aliphatic rings. The topological polar surface area (TPSA) is 45.2 Å². The van der Waals surface area contributed by atoms with E-state index >= 15 is 0 Å². The molecule has 0 atom stereocenters. The maximum Gasteiger partial charge on any atom is 0.225 e. The Morgan fingerprint density at radius 2 is 2.29 bits per heavy atom. The van der Waals surface area contributed by atoms with Crippen LogP contribution < -0.4 is 10.2 Å². The van der Waals surface area contributed by atoms with Crippen LogP contribution in [-0.2, 0) is 11.3 Å². The fraction of sp³-hybridized carbons (Fsp3) is 0.286. The van der Waals surface area contributed by atoms with E-state index in [0.29, 0.717) is 28.4 Å². The molecule has 21 heavy (non-hydrogen) atoms. The molecular weight excluding hydrogens is 357 g/mol. The molecule has 7 heteroatoms. The zero-order valence-corrected chi connectivity index (χ0v) is 14.1. The number of aromatic nitrogens is 1. The minimum absolute atomic E-state index is 0.0367. The van der Waals surface area contributed by atoms with Crippen LogP contribution in [0, 0.1) is 5.82 Å². The predicted molar refractivity (Wildman–Crippen MR) is 87.2 cm³/mol. The van der Waals surface area contributed by atoms with Gasteiger partial charge in [-0.2, -0.15) is 0 Å². The maximum atomic E-state index is 13.7. The van der Waals surface area contributed by atoms with Crippen LogP contribution in [0.5, 0.6) is 0 Å². The number of carbonyl (C=O) groups excluding carboxylic acids is 1. The first-order valence-electron chi connectivity index (χ1n) is 6.42. The lowest BCUT2D eigenvalue weighted by Gasteiger charge is -2.14. The molecule has 1 amide bonds. The van der Waals surface area contributed by atoms with Crippen molar-refractivity contribution in [3.63, 3.8) is 0 Å². The Balaban J connectivity index is 2.04. The standard InChI is InChI=1S/C14H15BrFN3OS/c1-3-19(9(2)20)14-18-11(8-21-14)7-17-13-5-4-10(15)6-12(13)16/h4-6,8,17H,3,7H2,1-2H3. The fourth-order valence-corrected chi connectivity index (χ4v) is 3.08. The number of hydrogen-bond donors (Lipinski definition) is 1. The third kappa shape index (κ3) is 4.01. The second-order valence-corrected chi connectivity index (χ2v) is 6.11. The number of carbonyl (C=O) groups is 1. The highest BCUT2D eigenvalue weighted by Crippen LogP contribution is 2.23. The van der Waals surface area contributed by atoms with Gasteiger partial charge in [-0.3, -0.25) is 9.69 Å². The molecule has 4 nitrogen and oxygen atoms in total. The van der Waals surface area contributed by atoms with Gasteiger partial charge >= 0.3 is 0 Å². The highest BCUT2D eigenvalue weighted by Gasteiger charge is 2.13. The molecule has 0 saturated carbocycles. The summed E-state index contributed by atoms with van der Waals surface area (Å²) in [6.07, 6.45) is 0. The minimum atomic E-state index is -0.321. The number of nitrogens with one attached hydrogen (secondary N) is 1. The van der Waals surface area contributed by atoms with Gasteiger partial charge in [0.2, 0.25) is 5.91 Å². The van der Waals surface area contributed by atoms with Crippen LogP contribution >= 0.6 is 27.3 Å². The number of nitrogens with zero attached hydrogens (tertiary/aromatic N) is 2. The first-order valence-corrected chi connectivity index (χ1v) is 8.10. The third-order valence-electron chi connectivity index (χ3n) is 2.86. The van der Waals surface area contributed by atoms with Gasteiger partial charge in [0.05, 0.1) is 17.9 Å². The van der Waals surface area contributed by atoms with Crippen LogP contribution in [0.3, 0.4) is 0 Å². The molecule has 0 aliphatic heterocycles. The van der Waals surface area contributed by atoms with Crippen molar-refractivity contribution in [3.8, 4) is 0 Å². The average molecular weight is 372 g/mol. The molecule has 0 fully saturated rings. The fourth-order valence-electron chi connectivity index (χ4n) is 1.81. The first-order chi connectivity index (χ1) is 10.0. The van der Waals surface area contributed by atoms with E-state index in [-0.39, 0.29) is 11.7 Å². The van der Waals surface area contributed by atoms with Crippen LogP contribution in [0.15, 0.2) is 28.1 Å². The minimum Gasteiger partial charge on any atom is -0.377 e. The van der Waals surface area contributed by atoms with Gasteiger partial charge in [0, 0.05) is 23.3 Å². The molecule has 0 saturated heterocycles. The van der Waals surface area contributed by atoms with Crippen molar-refractivity contribution in [1.82, 2.24) is 4.98 Å². The first kappa shape index (κ1) is 15.9. The Bertz CT molecular complexity index is 647. The Hall–Kier alpha value is -1.47. The zero-order valence-electron chi connectivity index (χ0n) is 11.7. The molecule has 1 heterocycles. The molecule has 1 aromatic carbocycles. The van der Waals surface area contributed by atoms with E-state index < -0.39 is 0 Å². The van der Waals surface area contributed by atoms with E-state index in [2.05, 4.69) is 26.2 Å². The average Bonchev–Trinajstić information content (AvgIpc) is 2.87. The molecule has 0 spiro atoms. The van der Waals surface area contributed by atoms with E-state index in [1.165, 1.54) is 24.3 Å². The summed E-state index contributed by atoms with van der Waals surface area (Å²) >= 11 is 4.62. The smallest absolute Gasteiger partial charge is 0.225 e. The lowest BCUT2D eigenvalue weighted by Crippen LogP contribution is -2.27. The van der Waals surface area contributed by atoms with Gasteiger partial charge in [-0.1, -0.05) is 15.9 Å². The van der Waals surface area contributed by atoms with Crippen molar-refractivity contribution in [3.05, 3.63) is 39.6 Å². The summed E-state index contributed by atoms with van der Waals surface area (Å²) in [6.45, 7) is 4.40. The van der Waals surface area contributed by atoms with Gasteiger partial charge in [-0.15, -0.1) is 11.3 Å². The Kier molecular flexibility index (Phi) is 5.30. The van der Waals surface area contributed by atoms with Crippen molar-refractivity contribution in [2.75, 3.05) is 16.8 Å². The van der Waals surface area contributed by atoms with E-state index in [9.17, 15) is 9.18 Å². The Labute approximate surface area is 135 Å². The van der Waals surface area contributed by atoms with Gasteiger partial charge in [0.15, 0.2) is 5.13 Å². The van der Waals surface area contributed by atoms with Crippen LogP contribution in [0.1, 0.15) is 19.5 Å². The number of anilines is 2. The van der Waals surface area contributed by atoms with Gasteiger partial charge in [-0.25, -0.2) is 9.37 Å². The number of halogens is 2. The lowest BCUT2D eigenvalue weighted by molar-refractivity contribution is -0.116. The molecular formula is C14H15BrFN3OS. The third-order valence-corrected chi connectivity index (χ3v) is 4.26. The molecule has 2 aromatic rings. The van der Waals surface area contributed by atoms with Crippen LogP contribution in [0.25, 0.3) is 0 Å². The van der Waals surface area contributed by atoms with Gasteiger partial charge in [0.1, 0.15) is 5.82 Å². The highest BCUT2D eigenvalue weighted by molar-refractivity contribution is 9.10. The molecule has 0 aliphatic carbocycles. The van der Waals surface area contributed by atoms with Gasteiger partial charge in [0.25, 0.3) is 0 Å². The second-order valence-electron chi connectivity index (χ2n) is 4.36. The largest absolute Gasteiger partial charge is 0.377 e. The number of hydrogen-bond acceptors (Lipinski definition) is 4. The number of amides is 1.